The number of hydrogen-bond donors (Lipinski definition) is 2. The number of fused-ring (bicyclic) bond motifs is 2. The van der Waals surface area contributed by atoms with E-state index in [4.69, 9.17) is 11.6 Å². The molecule has 2 heterocycles. The fourth-order valence-corrected chi connectivity index (χ4v) is 8.05. The van der Waals surface area contributed by atoms with Crippen LogP contribution >= 0.6 is 11.6 Å². The van der Waals surface area contributed by atoms with Crippen molar-refractivity contribution in [2.24, 2.45) is 5.41 Å². The number of benzene rings is 4. The number of aliphatic hydroxyl groups excluding tert-OH is 1. The lowest BCUT2D eigenvalue weighted by molar-refractivity contribution is -0.137. The van der Waals surface area contributed by atoms with Gasteiger partial charge in [0.25, 0.3) is 0 Å². The summed E-state index contributed by atoms with van der Waals surface area (Å²) in [5.41, 5.74) is 2.56. The molecule has 4 aromatic rings. The Morgan fingerprint density at radius 3 is 2.04 bits per heavy atom. The molecule has 46 heavy (non-hydrogen) atoms. The number of hydrogen-bond acceptors (Lipinski definition) is 4. The monoisotopic (exact) mass is 635 g/mol. The number of nitrogens with zero attached hydrogens (tertiary/aromatic N) is 2. The standard InChI is InChI=1S/C39H42ClN3O3/c1-38(2,3)24-31-39(29-22-21-28(40)23-30(29)41-37(39)46)32(25-15-9-6-10-16-25)34(36(45)42(4)5)43(31)33(26-17-11-7-12-18-26)35(44)27-19-13-8-14-20-27/h6-23,31-35,44H,24H2,1-5H3,(H,41,46)/t31-,32+,33-,34-,35+,39+/m1/s1. The van der Waals surface area contributed by atoms with Crippen LogP contribution in [0.3, 0.4) is 0 Å². The lowest BCUT2D eigenvalue weighted by Gasteiger charge is -2.44. The summed E-state index contributed by atoms with van der Waals surface area (Å²) < 4.78 is 0. The number of carbonyl (C=O) groups is 2. The van der Waals surface area contributed by atoms with Crippen LogP contribution in [0.4, 0.5) is 5.69 Å². The van der Waals surface area contributed by atoms with Crippen molar-refractivity contribution in [3.05, 3.63) is 136 Å². The highest BCUT2D eigenvalue weighted by atomic mass is 35.5. The first-order valence-electron chi connectivity index (χ1n) is 15.9. The van der Waals surface area contributed by atoms with Crippen LogP contribution in [0, 0.1) is 5.41 Å². The van der Waals surface area contributed by atoms with Gasteiger partial charge in [-0.15, -0.1) is 0 Å². The smallest absolute Gasteiger partial charge is 0.240 e. The van der Waals surface area contributed by atoms with E-state index in [-0.39, 0.29) is 17.2 Å². The molecule has 1 spiro atoms. The van der Waals surface area contributed by atoms with Gasteiger partial charge < -0.3 is 15.3 Å². The fourth-order valence-electron chi connectivity index (χ4n) is 7.88. The molecular weight excluding hydrogens is 594 g/mol. The SMILES string of the molecule is CN(C)C(=O)[C@H]1[C@H](c2ccccc2)[C@@]2(C(=O)Nc3cc(Cl)ccc32)[C@@H](CC(C)(C)C)N1[C@H](c1ccccc1)[C@@H](O)c1ccccc1. The van der Waals surface area contributed by atoms with Crippen molar-refractivity contribution >= 4 is 29.1 Å². The van der Waals surface area contributed by atoms with Crippen LogP contribution < -0.4 is 5.32 Å². The minimum atomic E-state index is -1.17. The second kappa shape index (κ2) is 12.3. The summed E-state index contributed by atoms with van der Waals surface area (Å²) >= 11 is 6.50. The van der Waals surface area contributed by atoms with E-state index < -0.39 is 35.6 Å². The van der Waals surface area contributed by atoms with Crippen molar-refractivity contribution in [2.75, 3.05) is 19.4 Å². The van der Waals surface area contributed by atoms with E-state index >= 15 is 0 Å². The maximum atomic E-state index is 15.0. The predicted molar refractivity (Wildman–Crippen MR) is 184 cm³/mol. The van der Waals surface area contributed by atoms with Crippen molar-refractivity contribution in [3.8, 4) is 0 Å². The number of aliphatic hydroxyl groups is 1. The van der Waals surface area contributed by atoms with E-state index in [1.165, 1.54) is 0 Å². The molecule has 1 fully saturated rings. The molecule has 0 aromatic heterocycles. The average molecular weight is 636 g/mol. The Bertz CT molecular complexity index is 1710. The van der Waals surface area contributed by atoms with Crippen LogP contribution in [0.15, 0.2) is 109 Å². The maximum absolute atomic E-state index is 15.0. The molecule has 6 atom stereocenters. The summed E-state index contributed by atoms with van der Waals surface area (Å²) in [6.07, 6.45) is -0.419. The molecule has 1 saturated heterocycles. The number of likely N-dealkylation sites (N-methyl/N-ethyl adjacent to an activating group) is 1. The summed E-state index contributed by atoms with van der Waals surface area (Å²) in [5.74, 6) is -0.860. The largest absolute Gasteiger partial charge is 0.386 e. The third-order valence-electron chi connectivity index (χ3n) is 9.62. The zero-order chi connectivity index (χ0) is 32.8. The Morgan fingerprint density at radius 1 is 0.913 bits per heavy atom. The number of anilines is 1. The fraction of sp³-hybridized carbons (Fsp3) is 0.333. The molecule has 0 radical (unpaired) electrons. The number of nitrogens with one attached hydrogen (secondary N) is 1. The number of amides is 2. The molecule has 2 aliphatic rings. The zero-order valence-corrected chi connectivity index (χ0v) is 27.8. The van der Waals surface area contributed by atoms with E-state index in [0.717, 1.165) is 22.3 Å². The van der Waals surface area contributed by atoms with Crippen LogP contribution in [-0.4, -0.2) is 52.9 Å². The van der Waals surface area contributed by atoms with Gasteiger partial charge in [0, 0.05) is 36.8 Å². The summed E-state index contributed by atoms with van der Waals surface area (Å²) in [7, 11) is 3.53. The van der Waals surface area contributed by atoms with Crippen LogP contribution in [0.5, 0.6) is 0 Å². The van der Waals surface area contributed by atoms with Gasteiger partial charge in [0.05, 0.1) is 18.2 Å². The van der Waals surface area contributed by atoms with E-state index in [0.29, 0.717) is 17.1 Å². The van der Waals surface area contributed by atoms with E-state index in [2.05, 4.69) is 31.0 Å². The van der Waals surface area contributed by atoms with Crippen LogP contribution in [-0.2, 0) is 15.0 Å². The summed E-state index contributed by atoms with van der Waals surface area (Å²) in [4.78, 5) is 33.6. The van der Waals surface area contributed by atoms with Gasteiger partial charge in [0.2, 0.25) is 11.8 Å². The van der Waals surface area contributed by atoms with Crippen molar-refractivity contribution < 1.29 is 14.7 Å². The van der Waals surface area contributed by atoms with E-state index in [1.807, 2.05) is 103 Å². The molecule has 238 valence electrons. The first kappa shape index (κ1) is 32.0. The van der Waals surface area contributed by atoms with Crippen LogP contribution in [0.2, 0.25) is 5.02 Å². The summed E-state index contributed by atoms with van der Waals surface area (Å²) in [6.45, 7) is 6.49. The Morgan fingerprint density at radius 2 is 1.48 bits per heavy atom. The second-order valence-corrected chi connectivity index (χ2v) is 14.5. The molecule has 0 saturated carbocycles. The van der Waals surface area contributed by atoms with Gasteiger partial charge in [-0.25, -0.2) is 0 Å². The van der Waals surface area contributed by atoms with Gasteiger partial charge in [-0.05, 0) is 46.2 Å². The van der Waals surface area contributed by atoms with Gasteiger partial charge in [-0.1, -0.05) is 129 Å². The number of carbonyl (C=O) groups excluding carboxylic acids is 2. The van der Waals surface area contributed by atoms with Gasteiger partial charge in [0.15, 0.2) is 0 Å². The van der Waals surface area contributed by atoms with Gasteiger partial charge >= 0.3 is 0 Å². The molecule has 6 rings (SSSR count). The van der Waals surface area contributed by atoms with E-state index in [9.17, 15) is 14.7 Å². The summed E-state index contributed by atoms with van der Waals surface area (Å²) in [6, 6.07) is 33.1. The topological polar surface area (TPSA) is 72.9 Å². The predicted octanol–water partition coefficient (Wildman–Crippen LogP) is 7.37. The molecule has 2 amide bonds. The van der Waals surface area contributed by atoms with Crippen molar-refractivity contribution in [1.29, 1.82) is 0 Å². The highest BCUT2D eigenvalue weighted by Gasteiger charge is 2.70. The molecule has 4 aromatic carbocycles. The minimum Gasteiger partial charge on any atom is -0.386 e. The lowest BCUT2D eigenvalue weighted by Crippen LogP contribution is -2.53. The molecule has 6 nitrogen and oxygen atoms in total. The molecule has 0 bridgehead atoms. The lowest BCUT2D eigenvalue weighted by atomic mass is 9.62. The normalized spacial score (nSPS) is 24.0. The molecule has 2 N–H and O–H groups in total. The Labute approximate surface area is 277 Å². The van der Waals surface area contributed by atoms with Crippen molar-refractivity contribution in [3.63, 3.8) is 0 Å². The average Bonchev–Trinajstić information content (AvgIpc) is 3.48. The zero-order valence-electron chi connectivity index (χ0n) is 27.0. The third-order valence-corrected chi connectivity index (χ3v) is 9.86. The number of halogens is 1. The van der Waals surface area contributed by atoms with Crippen molar-refractivity contribution in [1.82, 2.24) is 9.80 Å². The molecule has 7 heteroatoms. The Hall–Kier alpha value is -3.97. The van der Waals surface area contributed by atoms with Gasteiger partial charge in [0.1, 0.15) is 5.41 Å². The molecule has 0 unspecified atom stereocenters. The second-order valence-electron chi connectivity index (χ2n) is 14.0. The highest BCUT2D eigenvalue weighted by molar-refractivity contribution is 6.31. The minimum absolute atomic E-state index is 0.124. The first-order chi connectivity index (χ1) is 21.9. The molecule has 2 aliphatic heterocycles. The van der Waals surface area contributed by atoms with Crippen LogP contribution in [0.25, 0.3) is 0 Å². The Balaban J connectivity index is 1.73. The van der Waals surface area contributed by atoms with Crippen molar-refractivity contribution in [2.45, 2.75) is 62.8 Å². The first-order valence-corrected chi connectivity index (χ1v) is 16.3. The molecule has 0 aliphatic carbocycles. The number of rotatable bonds is 7. The third kappa shape index (κ3) is 5.42. The highest BCUT2D eigenvalue weighted by Crippen LogP contribution is 2.62. The van der Waals surface area contributed by atoms with Gasteiger partial charge in [-0.2, -0.15) is 0 Å². The van der Waals surface area contributed by atoms with Crippen LogP contribution in [0.1, 0.15) is 67.5 Å². The number of likely N-dealkylation sites (tertiary alicyclic amines) is 1. The Kier molecular flexibility index (Phi) is 8.57. The quantitative estimate of drug-likeness (QED) is 0.223. The van der Waals surface area contributed by atoms with Gasteiger partial charge in [-0.3, -0.25) is 14.5 Å². The maximum Gasteiger partial charge on any atom is 0.240 e. The summed E-state index contributed by atoms with van der Waals surface area (Å²) in [5, 5.41) is 16.2. The molecular formula is C39H42ClN3O3. The van der Waals surface area contributed by atoms with E-state index in [1.54, 1.807) is 25.1 Å².